The van der Waals surface area contributed by atoms with E-state index in [0.717, 1.165) is 30.4 Å². The van der Waals surface area contributed by atoms with E-state index in [1.165, 1.54) is 0 Å². The van der Waals surface area contributed by atoms with E-state index in [-0.39, 0.29) is 0 Å². The highest BCUT2D eigenvalue weighted by atomic mass is 35.5. The van der Waals surface area contributed by atoms with Crippen molar-refractivity contribution in [2.75, 3.05) is 26.2 Å². The molecule has 2 N–H and O–H groups in total. The lowest BCUT2D eigenvalue weighted by molar-refractivity contribution is -0.159. The SMILES string of the molecule is CC1CN(CCOc2ccc(Cl)cc2)CC(C)O1.O=C(O)C(=O)O. The molecule has 0 saturated carbocycles. The van der Waals surface area contributed by atoms with E-state index in [2.05, 4.69) is 18.7 Å². The molecule has 1 aliphatic heterocycles. The van der Waals surface area contributed by atoms with Crippen molar-refractivity contribution in [1.29, 1.82) is 0 Å². The van der Waals surface area contributed by atoms with Gasteiger partial charge in [-0.05, 0) is 38.1 Å². The van der Waals surface area contributed by atoms with Gasteiger partial charge in [0.1, 0.15) is 12.4 Å². The van der Waals surface area contributed by atoms with E-state index in [0.29, 0.717) is 18.8 Å². The van der Waals surface area contributed by atoms with Crippen LogP contribution in [0.15, 0.2) is 24.3 Å². The van der Waals surface area contributed by atoms with Gasteiger partial charge in [-0.15, -0.1) is 0 Å². The monoisotopic (exact) mass is 359 g/mol. The minimum absolute atomic E-state index is 0.310. The normalized spacial score (nSPS) is 20.6. The second kappa shape index (κ2) is 10.1. The number of benzene rings is 1. The molecule has 1 aliphatic rings. The molecule has 0 bridgehead atoms. The fourth-order valence-corrected chi connectivity index (χ4v) is 2.42. The Morgan fingerprint density at radius 1 is 1.17 bits per heavy atom. The molecule has 134 valence electrons. The number of ether oxygens (including phenoxy) is 2. The van der Waals surface area contributed by atoms with Crippen LogP contribution >= 0.6 is 11.6 Å². The molecule has 1 aromatic rings. The van der Waals surface area contributed by atoms with Gasteiger partial charge in [-0.1, -0.05) is 11.6 Å². The molecular formula is C16H22ClNO6. The van der Waals surface area contributed by atoms with Gasteiger partial charge in [0, 0.05) is 24.7 Å². The Bertz CT molecular complexity index is 514. The van der Waals surface area contributed by atoms with Crippen molar-refractivity contribution >= 4 is 23.5 Å². The standard InChI is InChI=1S/C14H20ClNO2.C2H2O4/c1-11-9-16(10-12(2)18-11)7-8-17-14-5-3-13(15)4-6-14;3-1(4)2(5)6/h3-6,11-12H,7-10H2,1-2H3;(H,3,4)(H,5,6). The minimum atomic E-state index is -1.82. The summed E-state index contributed by atoms with van der Waals surface area (Å²) >= 11 is 5.82. The van der Waals surface area contributed by atoms with Crippen LogP contribution in [0.5, 0.6) is 5.75 Å². The maximum atomic E-state index is 9.10. The Kier molecular flexibility index (Phi) is 8.53. The van der Waals surface area contributed by atoms with E-state index >= 15 is 0 Å². The summed E-state index contributed by atoms with van der Waals surface area (Å²) in [7, 11) is 0. The Balaban J connectivity index is 0.000000413. The Morgan fingerprint density at radius 3 is 2.12 bits per heavy atom. The number of hydrogen-bond donors (Lipinski definition) is 2. The molecule has 8 heteroatoms. The minimum Gasteiger partial charge on any atom is -0.492 e. The Hall–Kier alpha value is -1.83. The third-order valence-electron chi connectivity index (χ3n) is 3.17. The number of nitrogens with zero attached hydrogens (tertiary/aromatic N) is 1. The first-order chi connectivity index (χ1) is 11.3. The molecule has 0 spiro atoms. The Morgan fingerprint density at radius 2 is 1.67 bits per heavy atom. The quantitative estimate of drug-likeness (QED) is 0.793. The van der Waals surface area contributed by atoms with Gasteiger partial charge in [-0.3, -0.25) is 4.90 Å². The highest BCUT2D eigenvalue weighted by Gasteiger charge is 2.21. The molecule has 1 saturated heterocycles. The molecule has 0 aliphatic carbocycles. The van der Waals surface area contributed by atoms with Crippen LogP contribution in [0.1, 0.15) is 13.8 Å². The summed E-state index contributed by atoms with van der Waals surface area (Å²) in [6.45, 7) is 7.82. The first-order valence-corrected chi connectivity index (χ1v) is 7.88. The average molecular weight is 360 g/mol. The van der Waals surface area contributed by atoms with Crippen LogP contribution in [-0.2, 0) is 14.3 Å². The van der Waals surface area contributed by atoms with Gasteiger partial charge < -0.3 is 19.7 Å². The van der Waals surface area contributed by atoms with Gasteiger partial charge in [0.25, 0.3) is 0 Å². The lowest BCUT2D eigenvalue weighted by Gasteiger charge is -2.35. The van der Waals surface area contributed by atoms with E-state index in [4.69, 9.17) is 40.9 Å². The molecule has 0 radical (unpaired) electrons. The Labute approximate surface area is 145 Å². The van der Waals surface area contributed by atoms with Crippen LogP contribution in [-0.4, -0.2) is 65.5 Å². The first-order valence-electron chi connectivity index (χ1n) is 7.50. The van der Waals surface area contributed by atoms with Crippen LogP contribution in [0.2, 0.25) is 5.02 Å². The molecular weight excluding hydrogens is 338 g/mol. The molecule has 2 unspecified atom stereocenters. The summed E-state index contributed by atoms with van der Waals surface area (Å²) < 4.78 is 11.4. The number of carboxylic acid groups (broad SMARTS) is 2. The summed E-state index contributed by atoms with van der Waals surface area (Å²) in [6, 6.07) is 7.48. The van der Waals surface area contributed by atoms with Crippen molar-refractivity contribution in [3.63, 3.8) is 0 Å². The molecule has 0 amide bonds. The summed E-state index contributed by atoms with van der Waals surface area (Å²) in [6.07, 6.45) is 0.619. The lowest BCUT2D eigenvalue weighted by Crippen LogP contribution is -2.46. The van der Waals surface area contributed by atoms with E-state index in [1.54, 1.807) is 0 Å². The molecule has 1 heterocycles. The fraction of sp³-hybridized carbons (Fsp3) is 0.500. The fourth-order valence-electron chi connectivity index (χ4n) is 2.29. The lowest BCUT2D eigenvalue weighted by atomic mass is 10.2. The first kappa shape index (κ1) is 20.2. The van der Waals surface area contributed by atoms with Crippen LogP contribution in [0, 0.1) is 0 Å². The van der Waals surface area contributed by atoms with Crippen LogP contribution in [0.25, 0.3) is 0 Å². The maximum Gasteiger partial charge on any atom is 0.414 e. The largest absolute Gasteiger partial charge is 0.492 e. The maximum absolute atomic E-state index is 9.10. The number of carboxylic acids is 2. The van der Waals surface area contributed by atoms with E-state index < -0.39 is 11.9 Å². The molecule has 7 nitrogen and oxygen atoms in total. The molecule has 2 atom stereocenters. The van der Waals surface area contributed by atoms with Crippen LogP contribution in [0.3, 0.4) is 0 Å². The number of halogens is 1. The number of aliphatic carboxylic acids is 2. The topological polar surface area (TPSA) is 96.3 Å². The van der Waals surface area contributed by atoms with Crippen molar-refractivity contribution < 1.29 is 29.3 Å². The van der Waals surface area contributed by atoms with Crippen molar-refractivity contribution in [2.24, 2.45) is 0 Å². The zero-order chi connectivity index (χ0) is 18.1. The smallest absolute Gasteiger partial charge is 0.414 e. The van der Waals surface area contributed by atoms with Gasteiger partial charge in [0.05, 0.1) is 12.2 Å². The summed E-state index contributed by atoms with van der Waals surface area (Å²) in [5.41, 5.74) is 0. The second-order valence-corrected chi connectivity index (χ2v) is 5.87. The zero-order valence-corrected chi connectivity index (χ0v) is 14.4. The molecule has 2 rings (SSSR count). The highest BCUT2D eigenvalue weighted by molar-refractivity contribution is 6.30. The summed E-state index contributed by atoms with van der Waals surface area (Å²) in [5.74, 6) is -2.78. The zero-order valence-electron chi connectivity index (χ0n) is 13.6. The summed E-state index contributed by atoms with van der Waals surface area (Å²) in [4.78, 5) is 20.6. The van der Waals surface area contributed by atoms with E-state index in [9.17, 15) is 0 Å². The van der Waals surface area contributed by atoms with Gasteiger partial charge in [0.2, 0.25) is 0 Å². The predicted octanol–water partition coefficient (Wildman–Crippen LogP) is 1.98. The van der Waals surface area contributed by atoms with Crippen molar-refractivity contribution in [3.05, 3.63) is 29.3 Å². The van der Waals surface area contributed by atoms with E-state index in [1.807, 2.05) is 24.3 Å². The highest BCUT2D eigenvalue weighted by Crippen LogP contribution is 2.16. The molecule has 24 heavy (non-hydrogen) atoms. The van der Waals surface area contributed by atoms with Crippen LogP contribution < -0.4 is 4.74 Å². The van der Waals surface area contributed by atoms with Crippen LogP contribution in [0.4, 0.5) is 0 Å². The van der Waals surface area contributed by atoms with Gasteiger partial charge in [0.15, 0.2) is 0 Å². The average Bonchev–Trinajstić information content (AvgIpc) is 2.49. The van der Waals surface area contributed by atoms with Gasteiger partial charge in [-0.2, -0.15) is 0 Å². The third kappa shape index (κ3) is 8.14. The van der Waals surface area contributed by atoms with Crippen molar-refractivity contribution in [2.45, 2.75) is 26.1 Å². The number of hydrogen-bond acceptors (Lipinski definition) is 5. The third-order valence-corrected chi connectivity index (χ3v) is 3.42. The van der Waals surface area contributed by atoms with Crippen molar-refractivity contribution in [1.82, 2.24) is 4.90 Å². The number of rotatable bonds is 4. The number of morpholine rings is 1. The predicted molar refractivity (Wildman–Crippen MR) is 88.7 cm³/mol. The molecule has 1 fully saturated rings. The molecule has 1 aromatic carbocycles. The van der Waals surface area contributed by atoms with Crippen molar-refractivity contribution in [3.8, 4) is 5.75 Å². The van der Waals surface area contributed by atoms with Gasteiger partial charge >= 0.3 is 11.9 Å². The molecule has 0 aromatic heterocycles. The summed E-state index contributed by atoms with van der Waals surface area (Å²) in [5, 5.41) is 15.5. The van der Waals surface area contributed by atoms with Gasteiger partial charge in [-0.25, -0.2) is 9.59 Å². The second-order valence-electron chi connectivity index (χ2n) is 5.43. The number of carbonyl (C=O) groups is 2.